The number of ether oxygens (including phenoxy) is 1. The van der Waals surface area contributed by atoms with Crippen LogP contribution in [0.15, 0.2) is 72.9 Å². The Kier molecular flexibility index (Phi) is 6.87. The predicted molar refractivity (Wildman–Crippen MR) is 128 cm³/mol. The summed E-state index contributed by atoms with van der Waals surface area (Å²) in [5.74, 6) is -2.46. The van der Waals surface area contributed by atoms with Crippen molar-refractivity contribution < 1.29 is 37.7 Å². The second-order valence-electron chi connectivity index (χ2n) is 7.95. The zero-order valence-electron chi connectivity index (χ0n) is 19.3. The van der Waals surface area contributed by atoms with Gasteiger partial charge in [-0.3, -0.25) is 0 Å². The van der Waals surface area contributed by atoms with Crippen LogP contribution in [0, 0.1) is 0 Å². The first kappa shape index (κ1) is 25.3. The summed E-state index contributed by atoms with van der Waals surface area (Å²) in [7, 11) is 1.16. The number of rotatable bonds is 8. The maximum Gasteiger partial charge on any atom is 0.420 e. The number of nitrogens with one attached hydrogen (secondary N) is 1. The SMILES string of the molecule is COc1ccc(NCc2cn(-c3ccc(C(=O)O)cc3)nc2-c2ccc(C(=O)O)cc2)cc1C(F)(F)F. The number of carboxylic acid groups (broad SMARTS) is 2. The largest absolute Gasteiger partial charge is 0.496 e. The van der Waals surface area contributed by atoms with E-state index in [1.54, 1.807) is 30.5 Å². The maximum absolute atomic E-state index is 13.4. The van der Waals surface area contributed by atoms with Gasteiger partial charge in [0.1, 0.15) is 5.75 Å². The van der Waals surface area contributed by atoms with Crippen molar-refractivity contribution in [3.63, 3.8) is 0 Å². The van der Waals surface area contributed by atoms with Gasteiger partial charge in [-0.05, 0) is 54.6 Å². The van der Waals surface area contributed by atoms with Crippen LogP contribution in [0.1, 0.15) is 31.8 Å². The number of nitrogens with zero attached hydrogens (tertiary/aromatic N) is 2. The Morgan fingerprint density at radius 3 is 2.08 bits per heavy atom. The van der Waals surface area contributed by atoms with Crippen molar-refractivity contribution in [2.75, 3.05) is 12.4 Å². The second kappa shape index (κ2) is 10.1. The topological polar surface area (TPSA) is 114 Å². The highest BCUT2D eigenvalue weighted by molar-refractivity contribution is 5.88. The molecule has 0 unspecified atom stereocenters. The summed E-state index contributed by atoms with van der Waals surface area (Å²) >= 11 is 0. The first-order valence-corrected chi connectivity index (χ1v) is 10.8. The molecule has 4 aromatic rings. The summed E-state index contributed by atoms with van der Waals surface area (Å²) in [5.41, 5.74) is 1.70. The lowest BCUT2D eigenvalue weighted by molar-refractivity contribution is -0.138. The molecular weight excluding hydrogens is 491 g/mol. The van der Waals surface area contributed by atoms with Gasteiger partial charge in [0.05, 0.1) is 35.2 Å². The van der Waals surface area contributed by atoms with Crippen molar-refractivity contribution in [2.24, 2.45) is 0 Å². The average molecular weight is 511 g/mol. The van der Waals surface area contributed by atoms with E-state index in [0.29, 0.717) is 22.5 Å². The molecule has 0 atom stereocenters. The Balaban J connectivity index is 1.70. The van der Waals surface area contributed by atoms with E-state index < -0.39 is 23.7 Å². The minimum atomic E-state index is -4.60. The number of halogens is 3. The molecule has 0 radical (unpaired) electrons. The number of hydrogen-bond acceptors (Lipinski definition) is 5. The smallest absolute Gasteiger partial charge is 0.420 e. The van der Waals surface area contributed by atoms with Crippen LogP contribution in [0.4, 0.5) is 18.9 Å². The van der Waals surface area contributed by atoms with Crippen molar-refractivity contribution in [3.8, 4) is 22.7 Å². The summed E-state index contributed by atoms with van der Waals surface area (Å²) in [6.07, 6.45) is -2.94. The Bertz CT molecular complexity index is 1450. The van der Waals surface area contributed by atoms with E-state index in [9.17, 15) is 27.9 Å². The number of aromatic nitrogens is 2. The molecule has 37 heavy (non-hydrogen) atoms. The standard InChI is InChI=1S/C26H20F3N3O5/c1-37-22-11-8-19(12-21(22)26(27,28)29)30-13-18-14-32(20-9-6-17(7-10-20)25(35)36)31-23(18)15-2-4-16(5-3-15)24(33)34/h2-12,14,30H,13H2,1H3,(H,33,34)(H,35,36). The highest BCUT2D eigenvalue weighted by atomic mass is 19.4. The highest BCUT2D eigenvalue weighted by Gasteiger charge is 2.34. The molecule has 4 rings (SSSR count). The predicted octanol–water partition coefficient (Wildman–Crippen LogP) is 5.58. The lowest BCUT2D eigenvalue weighted by Crippen LogP contribution is -2.09. The molecule has 1 aromatic heterocycles. The van der Waals surface area contributed by atoms with Crippen LogP contribution in [0.5, 0.6) is 5.75 Å². The third-order valence-electron chi connectivity index (χ3n) is 5.56. The van der Waals surface area contributed by atoms with E-state index in [1.165, 1.54) is 41.1 Å². The molecule has 0 aliphatic heterocycles. The van der Waals surface area contributed by atoms with Gasteiger partial charge in [0.25, 0.3) is 0 Å². The van der Waals surface area contributed by atoms with Gasteiger partial charge in [-0.1, -0.05) is 12.1 Å². The number of aromatic carboxylic acids is 2. The molecule has 0 saturated heterocycles. The molecular formula is C26H20F3N3O5. The fourth-order valence-corrected chi connectivity index (χ4v) is 3.68. The van der Waals surface area contributed by atoms with Gasteiger partial charge >= 0.3 is 18.1 Å². The first-order valence-electron chi connectivity index (χ1n) is 10.8. The molecule has 0 spiro atoms. The Morgan fingerprint density at radius 2 is 1.54 bits per heavy atom. The fourth-order valence-electron chi connectivity index (χ4n) is 3.68. The average Bonchev–Trinajstić information content (AvgIpc) is 3.31. The summed E-state index contributed by atoms with van der Waals surface area (Å²) in [6, 6.07) is 15.7. The van der Waals surface area contributed by atoms with Gasteiger partial charge in [-0.2, -0.15) is 18.3 Å². The summed E-state index contributed by atoms with van der Waals surface area (Å²) < 4.78 is 46.6. The van der Waals surface area contributed by atoms with E-state index >= 15 is 0 Å². The fraction of sp³-hybridized carbons (Fsp3) is 0.115. The Hall–Kier alpha value is -4.80. The summed E-state index contributed by atoms with van der Waals surface area (Å²) in [4.78, 5) is 22.4. The summed E-state index contributed by atoms with van der Waals surface area (Å²) in [6.45, 7) is 0.0901. The number of alkyl halides is 3. The number of hydrogen-bond donors (Lipinski definition) is 3. The van der Waals surface area contributed by atoms with Crippen LogP contribution < -0.4 is 10.1 Å². The van der Waals surface area contributed by atoms with Crippen molar-refractivity contribution >= 4 is 17.6 Å². The van der Waals surface area contributed by atoms with Crippen molar-refractivity contribution in [2.45, 2.75) is 12.7 Å². The van der Waals surface area contributed by atoms with E-state index in [-0.39, 0.29) is 29.1 Å². The van der Waals surface area contributed by atoms with Crippen molar-refractivity contribution in [1.29, 1.82) is 0 Å². The Morgan fingerprint density at radius 1 is 0.946 bits per heavy atom. The number of carbonyl (C=O) groups is 2. The van der Waals surface area contributed by atoms with Gasteiger partial charge in [0.2, 0.25) is 0 Å². The van der Waals surface area contributed by atoms with Gasteiger partial charge in [0, 0.05) is 29.6 Å². The van der Waals surface area contributed by atoms with Gasteiger partial charge in [-0.15, -0.1) is 0 Å². The molecule has 0 amide bonds. The number of methoxy groups -OCH3 is 1. The third kappa shape index (κ3) is 5.56. The first-order chi connectivity index (χ1) is 17.6. The number of carboxylic acids is 2. The van der Waals surface area contributed by atoms with Crippen LogP contribution in [0.25, 0.3) is 16.9 Å². The molecule has 0 saturated carbocycles. The molecule has 8 nitrogen and oxygen atoms in total. The van der Waals surface area contributed by atoms with E-state index in [0.717, 1.165) is 13.2 Å². The van der Waals surface area contributed by atoms with Crippen LogP contribution in [0.3, 0.4) is 0 Å². The van der Waals surface area contributed by atoms with Gasteiger partial charge in [-0.25, -0.2) is 14.3 Å². The molecule has 3 N–H and O–H groups in total. The van der Waals surface area contributed by atoms with Crippen LogP contribution in [-0.2, 0) is 12.7 Å². The molecule has 0 bridgehead atoms. The quantitative estimate of drug-likeness (QED) is 0.283. The molecule has 0 fully saturated rings. The highest BCUT2D eigenvalue weighted by Crippen LogP contribution is 2.38. The monoisotopic (exact) mass is 511 g/mol. The van der Waals surface area contributed by atoms with Crippen molar-refractivity contribution in [1.82, 2.24) is 9.78 Å². The van der Waals surface area contributed by atoms with Crippen LogP contribution >= 0.6 is 0 Å². The lowest BCUT2D eigenvalue weighted by Gasteiger charge is -2.14. The molecule has 1 heterocycles. The maximum atomic E-state index is 13.4. The molecule has 0 aliphatic rings. The molecule has 190 valence electrons. The molecule has 3 aromatic carbocycles. The second-order valence-corrected chi connectivity index (χ2v) is 7.95. The minimum Gasteiger partial charge on any atom is -0.496 e. The number of benzene rings is 3. The van der Waals surface area contributed by atoms with E-state index in [4.69, 9.17) is 9.84 Å². The summed E-state index contributed by atoms with van der Waals surface area (Å²) in [5, 5.41) is 25.9. The van der Waals surface area contributed by atoms with Crippen LogP contribution in [-0.4, -0.2) is 39.0 Å². The lowest BCUT2D eigenvalue weighted by atomic mass is 10.1. The van der Waals surface area contributed by atoms with E-state index in [1.807, 2.05) is 0 Å². The van der Waals surface area contributed by atoms with Gasteiger partial charge < -0.3 is 20.3 Å². The normalized spacial score (nSPS) is 11.2. The van der Waals surface area contributed by atoms with Gasteiger partial charge in [0.15, 0.2) is 0 Å². The van der Waals surface area contributed by atoms with E-state index in [2.05, 4.69) is 10.4 Å². The van der Waals surface area contributed by atoms with Crippen LogP contribution in [0.2, 0.25) is 0 Å². The molecule has 11 heteroatoms. The third-order valence-corrected chi connectivity index (χ3v) is 5.56. The molecule has 0 aliphatic carbocycles. The zero-order valence-corrected chi connectivity index (χ0v) is 19.3. The zero-order chi connectivity index (χ0) is 26.7. The van der Waals surface area contributed by atoms with Crippen molar-refractivity contribution in [3.05, 3.63) is 95.2 Å². The Labute approximate surface area is 208 Å². The minimum absolute atomic E-state index is 0.0880. The number of anilines is 1.